The van der Waals surface area contributed by atoms with E-state index in [-0.39, 0.29) is 147 Å². The molecule has 31 heteroatoms. The molecule has 5 heterocycles. The van der Waals surface area contributed by atoms with Crippen LogP contribution < -0.4 is 71.0 Å². The zero-order valence-electron chi connectivity index (χ0n) is 61.1. The van der Waals surface area contributed by atoms with Crippen molar-refractivity contribution in [1.82, 2.24) is 42.5 Å². The van der Waals surface area contributed by atoms with Crippen LogP contribution in [-0.2, 0) is 52.6 Å². The molecule has 29 nitrogen and oxygen atoms in total. The number of urea groups is 1. The number of benzene rings is 5. The molecule has 0 fully saturated rings. The average molecular weight is 1560 g/mol. The van der Waals surface area contributed by atoms with Crippen LogP contribution in [0.5, 0.6) is 46.0 Å². The molecule has 5 aromatic rings. The van der Waals surface area contributed by atoms with E-state index in [0.717, 1.165) is 38.3 Å². The fourth-order valence-corrected chi connectivity index (χ4v) is 12.4. The van der Waals surface area contributed by atoms with E-state index in [1.807, 2.05) is 0 Å². The third-order valence-electron chi connectivity index (χ3n) is 17.3. The fraction of sp³-hybridized carbons (Fsp3) is 0.354. The average Bonchev–Trinajstić information content (AvgIpc) is 0.748. The number of unbranched alkanes of at least 4 members (excludes halogenated alkanes) is 5. The predicted octanol–water partition coefficient (Wildman–Crippen LogP) is 9.20. The fourth-order valence-electron chi connectivity index (χ4n) is 12.0. The van der Waals surface area contributed by atoms with Gasteiger partial charge in [0.15, 0.2) is 17.5 Å². The maximum absolute atomic E-state index is 16.3. The number of methoxy groups -OCH3 is 1. The van der Waals surface area contributed by atoms with Gasteiger partial charge >= 0.3 is 18.0 Å². The first-order valence-electron chi connectivity index (χ1n) is 35.4. The Kier molecular flexibility index (Phi) is 31.0. The van der Waals surface area contributed by atoms with Crippen LogP contribution in [0.2, 0.25) is 10.0 Å². The lowest BCUT2D eigenvalue weighted by molar-refractivity contribution is -0.147. The highest BCUT2D eigenvalue weighted by Crippen LogP contribution is 2.49. The van der Waals surface area contributed by atoms with Crippen molar-refractivity contribution in [3.63, 3.8) is 0 Å². The summed E-state index contributed by atoms with van der Waals surface area (Å²) < 4.78 is 48.4. The minimum absolute atomic E-state index is 0.0113. The number of esters is 2. The minimum Gasteiger partial charge on any atom is -0.490 e. The van der Waals surface area contributed by atoms with Gasteiger partial charge in [0.2, 0.25) is 47.1 Å². The normalized spacial score (nSPS) is 19.1. The molecule has 0 aromatic heterocycles. The molecule has 9 atom stereocenters. The summed E-state index contributed by atoms with van der Waals surface area (Å²) in [6.07, 6.45) is 7.54. The Morgan fingerprint density at radius 3 is 1.82 bits per heavy atom. The van der Waals surface area contributed by atoms with Gasteiger partial charge in [0, 0.05) is 29.3 Å². The van der Waals surface area contributed by atoms with E-state index in [1.54, 1.807) is 13.8 Å². The molecule has 110 heavy (non-hydrogen) atoms. The largest absolute Gasteiger partial charge is 0.490 e. The zero-order chi connectivity index (χ0) is 79.7. The maximum atomic E-state index is 16.3. The van der Waals surface area contributed by atoms with Crippen molar-refractivity contribution in [1.29, 1.82) is 0 Å². The first kappa shape index (κ1) is 84.1. The third-order valence-corrected chi connectivity index (χ3v) is 17.9. The van der Waals surface area contributed by atoms with Gasteiger partial charge in [-0.2, -0.15) is 0 Å². The molecule has 9 amide bonds. The number of rotatable bonds is 30. The summed E-state index contributed by atoms with van der Waals surface area (Å²) in [6.45, 7) is 23.3. The number of hydrogen-bond donors (Lipinski definition) is 10. The van der Waals surface area contributed by atoms with Crippen molar-refractivity contribution in [2.75, 3.05) is 46.7 Å². The van der Waals surface area contributed by atoms with E-state index in [4.69, 9.17) is 61.1 Å². The van der Waals surface area contributed by atoms with Crippen molar-refractivity contribution in [3.05, 3.63) is 180 Å². The first-order chi connectivity index (χ1) is 52.8. The van der Waals surface area contributed by atoms with Gasteiger partial charge in [-0.1, -0.05) is 158 Å². The summed E-state index contributed by atoms with van der Waals surface area (Å²) in [6, 6.07) is 2.04. The van der Waals surface area contributed by atoms with Gasteiger partial charge in [0.1, 0.15) is 116 Å². The molecule has 0 spiro atoms. The van der Waals surface area contributed by atoms with Crippen LogP contribution in [0.25, 0.3) is 11.1 Å². The third kappa shape index (κ3) is 22.1. The van der Waals surface area contributed by atoms with Gasteiger partial charge in [0.05, 0.1) is 23.6 Å². The Morgan fingerprint density at radius 2 is 1.19 bits per heavy atom. The molecule has 0 saturated carbocycles. The van der Waals surface area contributed by atoms with Gasteiger partial charge in [-0.3, -0.25) is 43.9 Å². The highest BCUT2D eigenvalue weighted by Gasteiger charge is 2.43. The van der Waals surface area contributed by atoms with Crippen LogP contribution in [0.4, 0.5) is 4.79 Å². The van der Waals surface area contributed by atoms with Gasteiger partial charge in [-0.25, -0.2) is 14.4 Å². The van der Waals surface area contributed by atoms with Crippen molar-refractivity contribution in [2.45, 2.75) is 127 Å². The number of nitrogens with one attached hydrogen (secondary N) is 8. The second-order valence-corrected chi connectivity index (χ2v) is 26.7. The van der Waals surface area contributed by atoms with E-state index in [0.29, 0.717) is 6.42 Å². The summed E-state index contributed by atoms with van der Waals surface area (Å²) in [5, 5.41) is 44.9. The number of nitrogens with zero attached hydrogens (tertiary/aromatic N) is 1. The monoisotopic (exact) mass is 1550 g/mol. The summed E-state index contributed by atoms with van der Waals surface area (Å²) >= 11 is 14.1. The van der Waals surface area contributed by atoms with E-state index in [1.165, 1.54) is 116 Å². The summed E-state index contributed by atoms with van der Waals surface area (Å²) in [5.41, 5.74) is -0.698. The molecule has 10 rings (SSSR count). The highest BCUT2D eigenvalue weighted by molar-refractivity contribution is 6.32. The summed E-state index contributed by atoms with van der Waals surface area (Å²) in [7, 11) is 1.23. The molecule has 0 saturated heterocycles. The maximum Gasteiger partial charge on any atom is 0.349 e. The SMILES string of the molecule is C=CCOC(=O)C=N[C@H](CC(C)C)C(=O)N[C@H]1C(=O)N[C@@H](CC(=O)NC(=O)NCCCCCCCC)C(=O)N[C@H]2C(=O)N[C@H]3C(=O)N[C@@H](C(=O)N[C@H](C(=O)OCC=C)c4cc(OCC=C)cc(OCC=C)c4-c4cc3ccc4OCC=C)[C@H](O)c3ccc(c(Cl)c3)Oc3cc2cc(c3OC)Oc2ccc(cc2Cl)[C@H]1O. The number of aliphatic hydroxyl groups is 2. The summed E-state index contributed by atoms with van der Waals surface area (Å²) in [5.74, 6) is -12.2. The lowest BCUT2D eigenvalue weighted by atomic mass is 9.89. The van der Waals surface area contributed by atoms with Crippen molar-refractivity contribution in [2.24, 2.45) is 10.9 Å². The number of amides is 9. The lowest BCUT2D eigenvalue weighted by Crippen LogP contribution is -2.58. The Bertz CT molecular complexity index is 4340. The Labute approximate surface area is 645 Å². The number of hydrogen-bond acceptors (Lipinski definition) is 21. The number of carbonyl (C=O) groups is 10. The molecular formula is C79H89Cl2N9O20. The topological polar surface area (TPSA) is 394 Å². The quantitative estimate of drug-likeness (QED) is 0.00885. The number of aliphatic imine (C=N–C) groups is 1. The van der Waals surface area contributed by atoms with Gasteiger partial charge in [0.25, 0.3) is 0 Å². The van der Waals surface area contributed by atoms with E-state index in [9.17, 15) is 34.2 Å². The molecule has 5 aliphatic heterocycles. The van der Waals surface area contributed by atoms with Crippen LogP contribution >= 0.6 is 23.2 Å². The number of fused-ring (bicyclic) bond motifs is 15. The van der Waals surface area contributed by atoms with Crippen molar-refractivity contribution < 1.29 is 96.1 Å². The van der Waals surface area contributed by atoms with Crippen LogP contribution in [0.15, 0.2) is 147 Å². The zero-order valence-corrected chi connectivity index (χ0v) is 62.6. The second-order valence-electron chi connectivity index (χ2n) is 25.9. The highest BCUT2D eigenvalue weighted by atomic mass is 35.5. The van der Waals surface area contributed by atoms with Crippen LogP contribution in [0.3, 0.4) is 0 Å². The minimum atomic E-state index is -2.20. The number of halogens is 2. The standard InChI is InChI=1S/C79H89Cl2N9O20/c1-10-16-17-18-19-20-27-82-79(102)85-61(91)41-54-73(96)86-65-47-37-59(109-56-25-22-45(35-51(56)80)69(93)67(76(99)84-54)89-72(95)53(33-43(7)8)83-42-62(92)107-31-14-5)71(103-9)60(38-47)110-57-26-23-46(36-52(57)81)70(94)68-77(100)88-66(78(101)108-32-15-6)50-39-48(104-28-11-2)40-58(106-30-13-4)63(50)49-34-44(21-24-55(49)105-29-12-3)64(74(97)90-68)87-75(65)98/h11-15,21-26,34-40,42-43,53-54,64-70,93-94H,2-6,10,16-20,27-33,41H2,1,7-9H3,(H,84,99)(H,86,96)(H,87,98)(H,88,100)(H,89,95)(H,90,97)(H2,82,85,91,102)/t53-,54+,64-,65-,66+,67-,68-,69-,70-/m1/s1. The second kappa shape index (κ2) is 40.6. The molecule has 584 valence electrons. The molecule has 5 aromatic carbocycles. The number of carbonyl (C=O) groups excluding carboxylic acids is 10. The molecule has 0 aliphatic carbocycles. The first-order valence-corrected chi connectivity index (χ1v) is 36.2. The van der Waals surface area contributed by atoms with Crippen LogP contribution in [0, 0.1) is 5.92 Å². The van der Waals surface area contributed by atoms with E-state index < -0.39 is 120 Å². The van der Waals surface area contributed by atoms with Gasteiger partial charge in [-0.05, 0) is 95.6 Å². The number of imide groups is 1. The Balaban J connectivity index is 1.39. The lowest BCUT2D eigenvalue weighted by Gasteiger charge is -2.32. The Hall–Kier alpha value is -11.5. The van der Waals surface area contributed by atoms with E-state index in [2.05, 4.69) is 87.3 Å². The van der Waals surface area contributed by atoms with Gasteiger partial charge in [-0.15, -0.1) is 0 Å². The molecule has 0 radical (unpaired) electrons. The molecular weight excluding hydrogens is 1470 g/mol. The molecule has 11 bridgehead atoms. The number of ether oxygens (including phenoxy) is 8. The van der Waals surface area contributed by atoms with Crippen molar-refractivity contribution in [3.8, 4) is 57.1 Å². The smallest absolute Gasteiger partial charge is 0.349 e. The summed E-state index contributed by atoms with van der Waals surface area (Å²) in [4.78, 5) is 153. The molecule has 10 N–H and O–H groups in total. The van der Waals surface area contributed by atoms with Crippen LogP contribution in [-0.4, -0.2) is 147 Å². The molecule has 0 unspecified atom stereocenters. The van der Waals surface area contributed by atoms with E-state index >= 15 is 24.0 Å². The van der Waals surface area contributed by atoms with Crippen LogP contribution in [0.1, 0.15) is 130 Å². The Morgan fingerprint density at radius 1 is 0.609 bits per heavy atom. The molecule has 5 aliphatic rings. The van der Waals surface area contributed by atoms with Gasteiger partial charge < -0.3 is 85.3 Å². The van der Waals surface area contributed by atoms with Crippen molar-refractivity contribution >= 4 is 88.7 Å². The predicted molar refractivity (Wildman–Crippen MR) is 407 cm³/mol. The number of aliphatic hydroxyl groups excluding tert-OH is 2.